The first-order valence-corrected chi connectivity index (χ1v) is 6.96. The van der Waals surface area contributed by atoms with Gasteiger partial charge in [0.1, 0.15) is 5.41 Å². The lowest BCUT2D eigenvalue weighted by molar-refractivity contribution is -0.190. The Morgan fingerprint density at radius 2 is 1.59 bits per heavy atom. The van der Waals surface area contributed by atoms with Gasteiger partial charge in [-0.3, -0.25) is 9.59 Å². The van der Waals surface area contributed by atoms with E-state index in [4.69, 9.17) is 4.84 Å². The molecule has 0 atom stereocenters. The zero-order valence-electron chi connectivity index (χ0n) is 11.6. The van der Waals surface area contributed by atoms with Crippen molar-refractivity contribution in [2.24, 2.45) is 5.41 Å². The number of benzene rings is 1. The van der Waals surface area contributed by atoms with Gasteiger partial charge in [0.05, 0.1) is 11.1 Å². The Hall–Kier alpha value is -2.31. The SMILES string of the molecule is O=C1c2ccccc2C(=O)N1OC(=O)C1(C(F)F)CCCC1. The van der Waals surface area contributed by atoms with E-state index >= 15 is 0 Å². The molecule has 2 aliphatic rings. The fourth-order valence-corrected chi connectivity index (χ4v) is 2.94. The third-order valence-electron chi connectivity index (χ3n) is 4.25. The standard InChI is InChI=1S/C15H13F2NO4/c16-13(17)15(7-3-4-8-15)14(21)22-18-11(19)9-5-1-2-6-10(9)12(18)20/h1-2,5-6,13H,3-4,7-8H2. The Balaban J connectivity index is 1.84. The average Bonchev–Trinajstić information content (AvgIpc) is 3.09. The van der Waals surface area contributed by atoms with Crippen LogP contribution < -0.4 is 0 Å². The van der Waals surface area contributed by atoms with Crippen LogP contribution in [0.25, 0.3) is 0 Å². The second-order valence-electron chi connectivity index (χ2n) is 5.49. The molecule has 22 heavy (non-hydrogen) atoms. The topological polar surface area (TPSA) is 63.7 Å². The molecule has 116 valence electrons. The van der Waals surface area contributed by atoms with Gasteiger partial charge in [0, 0.05) is 0 Å². The smallest absolute Gasteiger partial charge is 0.329 e. The van der Waals surface area contributed by atoms with Crippen molar-refractivity contribution in [2.75, 3.05) is 0 Å². The van der Waals surface area contributed by atoms with Crippen LogP contribution in [0.4, 0.5) is 8.78 Å². The van der Waals surface area contributed by atoms with Gasteiger partial charge in [-0.15, -0.1) is 0 Å². The molecule has 0 unspecified atom stereocenters. The molecule has 0 N–H and O–H groups in total. The Morgan fingerprint density at radius 3 is 2.05 bits per heavy atom. The molecule has 1 saturated carbocycles. The summed E-state index contributed by atoms with van der Waals surface area (Å²) in [5.74, 6) is -2.83. The number of imide groups is 1. The number of hydrogen-bond acceptors (Lipinski definition) is 4. The molecule has 1 aliphatic heterocycles. The third-order valence-corrected chi connectivity index (χ3v) is 4.25. The maximum atomic E-state index is 13.3. The Labute approximate surface area is 124 Å². The van der Waals surface area contributed by atoms with E-state index in [-0.39, 0.29) is 29.0 Å². The van der Waals surface area contributed by atoms with Crippen molar-refractivity contribution < 1.29 is 28.0 Å². The predicted octanol–water partition coefficient (Wildman–Crippen LogP) is 2.57. The van der Waals surface area contributed by atoms with Crippen LogP contribution in [-0.4, -0.2) is 29.3 Å². The molecule has 5 nitrogen and oxygen atoms in total. The molecule has 2 amide bonds. The van der Waals surface area contributed by atoms with Gasteiger partial charge in [-0.25, -0.2) is 13.6 Å². The van der Waals surface area contributed by atoms with E-state index in [2.05, 4.69) is 0 Å². The zero-order chi connectivity index (χ0) is 15.9. The highest BCUT2D eigenvalue weighted by Crippen LogP contribution is 2.44. The van der Waals surface area contributed by atoms with Crippen molar-refractivity contribution in [1.29, 1.82) is 0 Å². The summed E-state index contributed by atoms with van der Waals surface area (Å²) in [5, 5.41) is 0.287. The van der Waals surface area contributed by atoms with E-state index < -0.39 is 29.6 Å². The number of nitrogens with zero attached hydrogens (tertiary/aromatic N) is 1. The van der Waals surface area contributed by atoms with Crippen LogP contribution >= 0.6 is 0 Å². The molecule has 0 bridgehead atoms. The lowest BCUT2D eigenvalue weighted by Crippen LogP contribution is -2.43. The van der Waals surface area contributed by atoms with Gasteiger partial charge in [-0.05, 0) is 25.0 Å². The molecule has 1 heterocycles. The monoisotopic (exact) mass is 309 g/mol. The number of halogens is 2. The normalized spacial score (nSPS) is 19.7. The van der Waals surface area contributed by atoms with Crippen LogP contribution in [0.1, 0.15) is 46.4 Å². The number of carbonyl (C=O) groups is 3. The number of amides is 2. The Bertz CT molecular complexity index is 618. The summed E-state index contributed by atoms with van der Waals surface area (Å²) in [4.78, 5) is 41.1. The fraction of sp³-hybridized carbons (Fsp3) is 0.400. The van der Waals surface area contributed by atoms with Crippen molar-refractivity contribution in [3.63, 3.8) is 0 Å². The summed E-state index contributed by atoms with van der Waals surface area (Å²) in [6.07, 6.45) is -1.93. The molecule has 7 heteroatoms. The molecule has 1 aliphatic carbocycles. The molecule has 1 fully saturated rings. The first kappa shape index (κ1) is 14.6. The van der Waals surface area contributed by atoms with Crippen LogP contribution in [0, 0.1) is 5.41 Å². The van der Waals surface area contributed by atoms with Gasteiger partial charge in [-0.2, -0.15) is 0 Å². The lowest BCUT2D eigenvalue weighted by atomic mass is 9.87. The minimum absolute atomic E-state index is 0.00727. The maximum absolute atomic E-state index is 13.3. The zero-order valence-corrected chi connectivity index (χ0v) is 11.6. The van der Waals surface area contributed by atoms with E-state index in [9.17, 15) is 23.2 Å². The van der Waals surface area contributed by atoms with Gasteiger partial charge in [-0.1, -0.05) is 30.0 Å². The van der Waals surface area contributed by atoms with Crippen LogP contribution in [0.2, 0.25) is 0 Å². The highest BCUT2D eigenvalue weighted by molar-refractivity contribution is 6.20. The molecular formula is C15H13F2NO4. The van der Waals surface area contributed by atoms with E-state index in [0.29, 0.717) is 12.8 Å². The van der Waals surface area contributed by atoms with E-state index in [1.54, 1.807) is 12.1 Å². The molecular weight excluding hydrogens is 296 g/mol. The fourth-order valence-electron chi connectivity index (χ4n) is 2.94. The molecule has 0 aromatic heterocycles. The van der Waals surface area contributed by atoms with Crippen molar-refractivity contribution in [3.05, 3.63) is 35.4 Å². The van der Waals surface area contributed by atoms with Gasteiger partial charge in [0.15, 0.2) is 0 Å². The van der Waals surface area contributed by atoms with Crippen molar-refractivity contribution >= 4 is 17.8 Å². The second-order valence-corrected chi connectivity index (χ2v) is 5.49. The van der Waals surface area contributed by atoms with Crippen LogP contribution in [0.15, 0.2) is 24.3 Å². The molecule has 0 spiro atoms. The van der Waals surface area contributed by atoms with Gasteiger partial charge in [0.2, 0.25) is 0 Å². The van der Waals surface area contributed by atoms with Gasteiger partial charge >= 0.3 is 5.97 Å². The largest absolute Gasteiger partial charge is 0.345 e. The number of hydrogen-bond donors (Lipinski definition) is 0. The number of fused-ring (bicyclic) bond motifs is 1. The summed E-state index contributed by atoms with van der Waals surface area (Å²) in [6.45, 7) is 0. The highest BCUT2D eigenvalue weighted by Gasteiger charge is 2.53. The first-order chi connectivity index (χ1) is 10.5. The van der Waals surface area contributed by atoms with Crippen LogP contribution in [0.3, 0.4) is 0 Å². The summed E-state index contributed by atoms with van der Waals surface area (Å²) in [5.41, 5.74) is -1.73. The summed E-state index contributed by atoms with van der Waals surface area (Å²) in [6, 6.07) is 5.96. The quantitative estimate of drug-likeness (QED) is 0.805. The van der Waals surface area contributed by atoms with Crippen LogP contribution in [0.5, 0.6) is 0 Å². The predicted molar refractivity (Wildman–Crippen MR) is 69.9 cm³/mol. The molecule has 3 rings (SSSR count). The average molecular weight is 309 g/mol. The van der Waals surface area contributed by atoms with E-state index in [0.717, 1.165) is 0 Å². The molecule has 0 radical (unpaired) electrons. The minimum atomic E-state index is -2.89. The molecule has 0 saturated heterocycles. The van der Waals surface area contributed by atoms with Crippen LogP contribution in [-0.2, 0) is 9.63 Å². The lowest BCUT2D eigenvalue weighted by Gasteiger charge is -2.26. The van der Waals surface area contributed by atoms with Crippen molar-refractivity contribution in [3.8, 4) is 0 Å². The number of alkyl halides is 2. The van der Waals surface area contributed by atoms with E-state index in [1.807, 2.05) is 0 Å². The van der Waals surface area contributed by atoms with Gasteiger partial charge < -0.3 is 4.84 Å². The molecule has 1 aromatic rings. The summed E-state index contributed by atoms with van der Waals surface area (Å²) >= 11 is 0. The third kappa shape index (κ3) is 2.00. The van der Waals surface area contributed by atoms with Crippen molar-refractivity contribution in [2.45, 2.75) is 32.1 Å². The Morgan fingerprint density at radius 1 is 1.09 bits per heavy atom. The highest BCUT2D eigenvalue weighted by atomic mass is 19.3. The Kier molecular flexibility index (Phi) is 3.42. The minimum Gasteiger partial charge on any atom is -0.329 e. The first-order valence-electron chi connectivity index (χ1n) is 6.96. The maximum Gasteiger partial charge on any atom is 0.345 e. The number of rotatable bonds is 3. The number of carbonyl (C=O) groups excluding carboxylic acids is 3. The van der Waals surface area contributed by atoms with Crippen molar-refractivity contribution in [1.82, 2.24) is 5.06 Å². The number of hydroxylamine groups is 2. The van der Waals surface area contributed by atoms with E-state index in [1.165, 1.54) is 12.1 Å². The van der Waals surface area contributed by atoms with Gasteiger partial charge in [0.25, 0.3) is 18.2 Å². The molecule has 1 aromatic carbocycles. The second kappa shape index (κ2) is 5.15. The summed E-state index contributed by atoms with van der Waals surface area (Å²) in [7, 11) is 0. The summed E-state index contributed by atoms with van der Waals surface area (Å²) < 4.78 is 26.6.